The number of nitrogens with zero attached hydrogens (tertiary/aromatic N) is 2. The first-order valence-corrected chi connectivity index (χ1v) is 4.73. The van der Waals surface area contributed by atoms with Gasteiger partial charge < -0.3 is 16.2 Å². The Kier molecular flexibility index (Phi) is 4.03. The first kappa shape index (κ1) is 10.6. The molecule has 4 N–H and O–H groups in total. The van der Waals surface area contributed by atoms with Gasteiger partial charge in [0.1, 0.15) is 6.54 Å². The molecule has 80 valence electrons. The third-order valence-corrected chi connectivity index (χ3v) is 2.00. The van der Waals surface area contributed by atoms with Gasteiger partial charge in [-0.2, -0.15) is 0 Å². The van der Waals surface area contributed by atoms with Crippen molar-refractivity contribution in [1.82, 2.24) is 10.3 Å². The van der Waals surface area contributed by atoms with E-state index in [1.165, 1.54) is 6.42 Å². The summed E-state index contributed by atoms with van der Waals surface area (Å²) in [5, 5.41) is 16.8. The Hall–Kier alpha value is -1.46. The molecule has 6 nitrogen and oxygen atoms in total. The van der Waals surface area contributed by atoms with Gasteiger partial charge in [0, 0.05) is 13.1 Å². The van der Waals surface area contributed by atoms with E-state index >= 15 is 0 Å². The van der Waals surface area contributed by atoms with Gasteiger partial charge in [0.15, 0.2) is 0 Å². The molecule has 1 fully saturated rings. The van der Waals surface area contributed by atoms with Gasteiger partial charge in [-0.1, -0.05) is 0 Å². The van der Waals surface area contributed by atoms with Crippen molar-refractivity contribution in [1.29, 1.82) is 0 Å². The van der Waals surface area contributed by atoms with Gasteiger partial charge >= 0.3 is 5.97 Å². The van der Waals surface area contributed by atoms with Crippen molar-refractivity contribution in [3.63, 3.8) is 0 Å². The first-order chi connectivity index (χ1) is 6.68. The Labute approximate surface area is 82.8 Å². The minimum Gasteiger partial charge on any atom is -0.480 e. The number of carboxylic acid groups (broad SMARTS) is 1. The van der Waals surface area contributed by atoms with E-state index in [1.807, 2.05) is 5.01 Å². The second kappa shape index (κ2) is 5.31. The summed E-state index contributed by atoms with van der Waals surface area (Å²) in [5.41, 5.74) is 5.49. The number of carbonyl (C=O) groups is 1. The summed E-state index contributed by atoms with van der Waals surface area (Å²) in [4.78, 5) is 10.2. The van der Waals surface area contributed by atoms with Crippen LogP contribution >= 0.6 is 0 Å². The molecule has 0 amide bonds. The van der Waals surface area contributed by atoms with Gasteiger partial charge in [0.05, 0.1) is 0 Å². The number of nitrogens with one attached hydrogen (secondary N) is 1. The van der Waals surface area contributed by atoms with Crippen LogP contribution in [0.5, 0.6) is 0 Å². The first-order valence-electron chi connectivity index (χ1n) is 4.73. The average Bonchev–Trinajstić information content (AvgIpc) is 2.16. The average molecular weight is 200 g/mol. The molecule has 0 atom stereocenters. The van der Waals surface area contributed by atoms with Crippen molar-refractivity contribution in [2.24, 2.45) is 10.8 Å². The smallest absolute Gasteiger partial charge is 0.322 e. The fourth-order valence-corrected chi connectivity index (χ4v) is 1.33. The number of aliphatic carboxylic acids is 1. The second-order valence-corrected chi connectivity index (χ2v) is 3.25. The zero-order valence-corrected chi connectivity index (χ0v) is 8.07. The fraction of sp³-hybridized carbons (Fsp3) is 0.750. The van der Waals surface area contributed by atoms with E-state index in [4.69, 9.17) is 10.8 Å². The molecular weight excluding hydrogens is 184 g/mol. The number of hydrogen-bond donors (Lipinski definition) is 3. The van der Waals surface area contributed by atoms with E-state index in [0.29, 0.717) is 0 Å². The lowest BCUT2D eigenvalue weighted by Crippen LogP contribution is -2.38. The molecule has 0 aromatic rings. The lowest BCUT2D eigenvalue weighted by molar-refractivity contribution is -0.135. The van der Waals surface area contributed by atoms with Crippen LogP contribution in [0.15, 0.2) is 5.10 Å². The van der Waals surface area contributed by atoms with Crippen molar-refractivity contribution in [3.8, 4) is 0 Å². The summed E-state index contributed by atoms with van der Waals surface area (Å²) in [6.07, 6.45) is 3.47. The molecule has 0 radical (unpaired) electrons. The number of hydrazone groups is 1. The molecule has 0 aliphatic carbocycles. The largest absolute Gasteiger partial charge is 0.480 e. The van der Waals surface area contributed by atoms with E-state index in [0.717, 1.165) is 25.9 Å². The number of hydrogen-bond acceptors (Lipinski definition) is 3. The van der Waals surface area contributed by atoms with Crippen LogP contribution in [0.3, 0.4) is 0 Å². The summed E-state index contributed by atoms with van der Waals surface area (Å²) in [6.45, 7) is 1.61. The van der Waals surface area contributed by atoms with E-state index in [2.05, 4.69) is 10.4 Å². The van der Waals surface area contributed by atoms with Crippen LogP contribution < -0.4 is 11.1 Å². The van der Waals surface area contributed by atoms with Crippen LogP contribution in [-0.4, -0.2) is 41.7 Å². The molecule has 0 spiro atoms. The summed E-state index contributed by atoms with van der Waals surface area (Å²) >= 11 is 0. The van der Waals surface area contributed by atoms with Crippen LogP contribution in [0.1, 0.15) is 19.3 Å². The van der Waals surface area contributed by atoms with Crippen LogP contribution in [0.25, 0.3) is 0 Å². The Morgan fingerprint density at radius 3 is 2.64 bits per heavy atom. The van der Waals surface area contributed by atoms with Crippen LogP contribution in [0.2, 0.25) is 0 Å². The lowest BCUT2D eigenvalue weighted by Gasteiger charge is -2.23. The maximum absolute atomic E-state index is 10.2. The highest BCUT2D eigenvalue weighted by Gasteiger charge is 2.07. The topological polar surface area (TPSA) is 91.0 Å². The van der Waals surface area contributed by atoms with Crippen molar-refractivity contribution >= 4 is 11.9 Å². The molecule has 6 heteroatoms. The predicted octanol–water partition coefficient (Wildman–Crippen LogP) is -0.624. The molecule has 0 saturated carbocycles. The highest BCUT2D eigenvalue weighted by Crippen LogP contribution is 2.07. The number of piperidine rings is 1. The Morgan fingerprint density at radius 1 is 1.43 bits per heavy atom. The lowest BCUT2D eigenvalue weighted by atomic mass is 10.2. The van der Waals surface area contributed by atoms with Gasteiger partial charge in [0.25, 0.3) is 0 Å². The molecule has 1 saturated heterocycles. The molecule has 1 aliphatic rings. The predicted molar refractivity (Wildman–Crippen MR) is 52.7 cm³/mol. The minimum absolute atomic E-state index is 0.175. The number of guanidine groups is 1. The summed E-state index contributed by atoms with van der Waals surface area (Å²) in [7, 11) is 0. The molecule has 14 heavy (non-hydrogen) atoms. The van der Waals surface area contributed by atoms with Crippen LogP contribution in [0, 0.1) is 0 Å². The Balaban J connectivity index is 2.29. The summed E-state index contributed by atoms with van der Waals surface area (Å²) in [6, 6.07) is 0. The molecule has 0 unspecified atom stereocenters. The van der Waals surface area contributed by atoms with Crippen LogP contribution in [0.4, 0.5) is 0 Å². The summed E-state index contributed by atoms with van der Waals surface area (Å²) < 4.78 is 0. The standard InChI is InChI=1S/C8H16N4O2/c9-8(10-6-7(13)14)11-12-4-2-1-3-5-12/h1-6H2,(H,13,14)(H3,9,10,11). The third-order valence-electron chi connectivity index (χ3n) is 2.00. The maximum atomic E-state index is 10.2. The highest BCUT2D eigenvalue weighted by molar-refractivity contribution is 5.82. The molecule has 0 aromatic carbocycles. The normalized spacial score (nSPS) is 18.0. The van der Waals surface area contributed by atoms with E-state index in [9.17, 15) is 4.79 Å². The van der Waals surface area contributed by atoms with E-state index in [-0.39, 0.29) is 12.5 Å². The van der Waals surface area contributed by atoms with Crippen molar-refractivity contribution in [2.75, 3.05) is 19.6 Å². The molecule has 1 heterocycles. The van der Waals surface area contributed by atoms with Crippen molar-refractivity contribution in [3.05, 3.63) is 0 Å². The molecular formula is C8H16N4O2. The molecule has 1 aliphatic heterocycles. The summed E-state index contributed by atoms with van der Waals surface area (Å²) in [5.74, 6) is -0.768. The van der Waals surface area contributed by atoms with Gasteiger partial charge in [-0.05, 0) is 19.3 Å². The number of nitrogens with two attached hydrogens (primary N) is 1. The highest BCUT2D eigenvalue weighted by atomic mass is 16.4. The van der Waals surface area contributed by atoms with Crippen molar-refractivity contribution < 1.29 is 9.90 Å². The second-order valence-electron chi connectivity index (χ2n) is 3.25. The van der Waals surface area contributed by atoms with Gasteiger partial charge in [-0.15, -0.1) is 5.10 Å². The quantitative estimate of drug-likeness (QED) is 0.417. The molecule has 1 rings (SSSR count). The van der Waals surface area contributed by atoms with Gasteiger partial charge in [0.2, 0.25) is 5.96 Å². The Morgan fingerprint density at radius 2 is 2.07 bits per heavy atom. The van der Waals surface area contributed by atoms with E-state index < -0.39 is 5.97 Å². The minimum atomic E-state index is -0.943. The zero-order chi connectivity index (χ0) is 10.4. The van der Waals surface area contributed by atoms with Gasteiger partial charge in [-0.25, -0.2) is 0 Å². The zero-order valence-electron chi connectivity index (χ0n) is 8.07. The Bertz CT molecular complexity index is 223. The fourth-order valence-electron chi connectivity index (χ4n) is 1.33. The number of rotatable bonds is 3. The van der Waals surface area contributed by atoms with Crippen molar-refractivity contribution in [2.45, 2.75) is 19.3 Å². The van der Waals surface area contributed by atoms with E-state index in [1.54, 1.807) is 0 Å². The van der Waals surface area contributed by atoms with Gasteiger partial charge in [-0.3, -0.25) is 9.80 Å². The molecule has 0 bridgehead atoms. The third kappa shape index (κ3) is 3.97. The molecule has 0 aromatic heterocycles. The monoisotopic (exact) mass is 200 g/mol. The van der Waals surface area contributed by atoms with Crippen LogP contribution in [-0.2, 0) is 4.79 Å². The number of carboxylic acids is 1. The maximum Gasteiger partial charge on any atom is 0.322 e. The SMILES string of the molecule is NC(=NN1CCCCC1)NCC(=O)O.